The summed E-state index contributed by atoms with van der Waals surface area (Å²) >= 11 is 5.73. The SMILES string of the molecule is Cc1n[nH]c(Cl)c(-c2c(F)cccc2F)c1=O. The van der Waals surface area contributed by atoms with Gasteiger partial charge < -0.3 is 0 Å². The Morgan fingerprint density at radius 3 is 2.41 bits per heavy atom. The van der Waals surface area contributed by atoms with Crippen LogP contribution in [0.1, 0.15) is 5.69 Å². The summed E-state index contributed by atoms with van der Waals surface area (Å²) in [5.41, 5.74) is -1.19. The van der Waals surface area contributed by atoms with E-state index < -0.39 is 22.6 Å². The standard InChI is InChI=1S/C11H7ClF2N2O/c1-5-10(17)9(11(12)16-15-5)8-6(13)3-2-4-7(8)14/h2-4H,1H3,(H,16,17). The molecule has 1 aromatic heterocycles. The third kappa shape index (κ3) is 1.93. The van der Waals surface area contributed by atoms with Gasteiger partial charge in [-0.05, 0) is 19.1 Å². The second-order valence-corrected chi connectivity index (χ2v) is 3.80. The molecule has 0 saturated carbocycles. The summed E-state index contributed by atoms with van der Waals surface area (Å²) in [6, 6.07) is 3.33. The average molecular weight is 257 g/mol. The Bertz CT molecular complexity index is 620. The van der Waals surface area contributed by atoms with Gasteiger partial charge in [-0.25, -0.2) is 8.78 Å². The number of hydrogen-bond acceptors (Lipinski definition) is 2. The number of aromatic nitrogens is 2. The summed E-state index contributed by atoms with van der Waals surface area (Å²) in [7, 11) is 0. The summed E-state index contributed by atoms with van der Waals surface area (Å²) < 4.78 is 27.1. The molecule has 1 N–H and O–H groups in total. The molecule has 0 aliphatic carbocycles. The fourth-order valence-corrected chi connectivity index (χ4v) is 1.70. The highest BCUT2D eigenvalue weighted by Crippen LogP contribution is 2.27. The fourth-order valence-electron chi connectivity index (χ4n) is 1.48. The van der Waals surface area contributed by atoms with Gasteiger partial charge in [0.2, 0.25) is 5.43 Å². The van der Waals surface area contributed by atoms with Gasteiger partial charge in [-0.1, -0.05) is 17.7 Å². The van der Waals surface area contributed by atoms with Gasteiger partial charge in [-0.3, -0.25) is 9.89 Å². The second kappa shape index (κ2) is 4.25. The van der Waals surface area contributed by atoms with Crippen LogP contribution in [-0.2, 0) is 0 Å². The molecule has 0 spiro atoms. The number of nitrogens with zero attached hydrogens (tertiary/aromatic N) is 1. The largest absolute Gasteiger partial charge is 0.287 e. The summed E-state index contributed by atoms with van der Waals surface area (Å²) in [5, 5.41) is 5.76. The molecule has 0 unspecified atom stereocenters. The van der Waals surface area contributed by atoms with Gasteiger partial charge in [0.15, 0.2) is 0 Å². The molecule has 6 heteroatoms. The number of nitrogens with one attached hydrogen (secondary N) is 1. The number of aryl methyl sites for hydroxylation is 1. The smallest absolute Gasteiger partial charge is 0.212 e. The van der Waals surface area contributed by atoms with Crippen LogP contribution in [0, 0.1) is 18.6 Å². The molecule has 1 heterocycles. The molecule has 0 radical (unpaired) electrons. The van der Waals surface area contributed by atoms with Crippen LogP contribution in [0.5, 0.6) is 0 Å². The minimum absolute atomic E-state index is 0.0899. The molecule has 0 amide bonds. The van der Waals surface area contributed by atoms with E-state index >= 15 is 0 Å². The average Bonchev–Trinajstić information content (AvgIpc) is 2.28. The third-order valence-electron chi connectivity index (χ3n) is 2.31. The highest BCUT2D eigenvalue weighted by molar-refractivity contribution is 6.32. The first kappa shape index (κ1) is 11.7. The van der Waals surface area contributed by atoms with Crippen molar-refractivity contribution in [1.29, 1.82) is 0 Å². The molecule has 88 valence electrons. The van der Waals surface area contributed by atoms with Crippen molar-refractivity contribution in [3.8, 4) is 11.1 Å². The quantitative estimate of drug-likeness (QED) is 0.853. The van der Waals surface area contributed by atoms with Crippen molar-refractivity contribution in [2.45, 2.75) is 6.92 Å². The van der Waals surface area contributed by atoms with Gasteiger partial charge >= 0.3 is 0 Å². The Balaban J connectivity index is 2.87. The molecule has 0 fully saturated rings. The monoisotopic (exact) mass is 256 g/mol. The van der Waals surface area contributed by atoms with E-state index in [-0.39, 0.29) is 16.4 Å². The maximum atomic E-state index is 13.6. The predicted octanol–water partition coefficient (Wildman–Crippen LogP) is 2.68. The van der Waals surface area contributed by atoms with E-state index in [0.717, 1.165) is 12.1 Å². The molecule has 1 aromatic carbocycles. The van der Waals surface area contributed by atoms with Crippen LogP contribution in [0.2, 0.25) is 5.15 Å². The van der Waals surface area contributed by atoms with Crippen molar-refractivity contribution < 1.29 is 8.78 Å². The molecule has 0 saturated heterocycles. The van der Waals surface area contributed by atoms with Crippen LogP contribution >= 0.6 is 11.6 Å². The van der Waals surface area contributed by atoms with Crippen molar-refractivity contribution in [3.05, 3.63) is 50.9 Å². The highest BCUT2D eigenvalue weighted by atomic mass is 35.5. The lowest BCUT2D eigenvalue weighted by Gasteiger charge is -2.06. The van der Waals surface area contributed by atoms with Crippen molar-refractivity contribution in [1.82, 2.24) is 10.2 Å². The van der Waals surface area contributed by atoms with Crippen LogP contribution in [0.15, 0.2) is 23.0 Å². The molecule has 0 aliphatic rings. The van der Waals surface area contributed by atoms with Crippen LogP contribution in [0.25, 0.3) is 11.1 Å². The molecule has 17 heavy (non-hydrogen) atoms. The van der Waals surface area contributed by atoms with E-state index in [9.17, 15) is 13.6 Å². The number of H-pyrrole nitrogens is 1. The van der Waals surface area contributed by atoms with Crippen LogP contribution in [0.4, 0.5) is 8.78 Å². The van der Waals surface area contributed by atoms with E-state index in [4.69, 9.17) is 11.6 Å². The zero-order chi connectivity index (χ0) is 12.6. The van der Waals surface area contributed by atoms with Crippen LogP contribution in [0.3, 0.4) is 0 Å². The van der Waals surface area contributed by atoms with E-state index in [1.165, 1.54) is 13.0 Å². The first-order chi connectivity index (χ1) is 8.02. The minimum atomic E-state index is -0.844. The Hall–Kier alpha value is -1.75. The summed E-state index contributed by atoms with van der Waals surface area (Å²) in [6.45, 7) is 1.43. The maximum absolute atomic E-state index is 13.6. The number of halogens is 3. The fraction of sp³-hybridized carbons (Fsp3) is 0.0909. The normalized spacial score (nSPS) is 10.6. The highest BCUT2D eigenvalue weighted by Gasteiger charge is 2.19. The van der Waals surface area contributed by atoms with Gasteiger partial charge in [0.1, 0.15) is 22.5 Å². The molecule has 0 bridgehead atoms. The van der Waals surface area contributed by atoms with E-state index in [1.807, 2.05) is 0 Å². The van der Waals surface area contributed by atoms with Crippen molar-refractivity contribution in [3.63, 3.8) is 0 Å². The van der Waals surface area contributed by atoms with Gasteiger partial charge in [0.25, 0.3) is 0 Å². The van der Waals surface area contributed by atoms with Gasteiger partial charge in [-0.15, -0.1) is 0 Å². The maximum Gasteiger partial charge on any atom is 0.212 e. The number of aromatic amines is 1. The van der Waals surface area contributed by atoms with Gasteiger partial charge in [-0.2, -0.15) is 5.10 Å². The number of benzene rings is 1. The second-order valence-electron chi connectivity index (χ2n) is 3.42. The van der Waals surface area contributed by atoms with Crippen molar-refractivity contribution >= 4 is 11.6 Å². The lowest BCUT2D eigenvalue weighted by Crippen LogP contribution is -2.14. The molecule has 3 nitrogen and oxygen atoms in total. The Morgan fingerprint density at radius 1 is 1.24 bits per heavy atom. The molecular formula is C11H7ClF2N2O. The third-order valence-corrected chi connectivity index (χ3v) is 2.58. The Kier molecular flexibility index (Phi) is 2.93. The van der Waals surface area contributed by atoms with Gasteiger partial charge in [0.05, 0.1) is 11.1 Å². The summed E-state index contributed by atoms with van der Waals surface area (Å²) in [4.78, 5) is 11.8. The van der Waals surface area contributed by atoms with Crippen LogP contribution < -0.4 is 5.43 Å². The van der Waals surface area contributed by atoms with E-state index in [2.05, 4.69) is 10.2 Å². The molecule has 0 aliphatic heterocycles. The topological polar surface area (TPSA) is 45.8 Å². The van der Waals surface area contributed by atoms with Gasteiger partial charge in [0, 0.05) is 0 Å². The van der Waals surface area contributed by atoms with E-state index in [0.29, 0.717) is 0 Å². The minimum Gasteiger partial charge on any atom is -0.287 e. The zero-order valence-electron chi connectivity index (χ0n) is 8.72. The van der Waals surface area contributed by atoms with Crippen molar-refractivity contribution in [2.75, 3.05) is 0 Å². The Morgan fingerprint density at radius 2 is 1.82 bits per heavy atom. The molecular weight excluding hydrogens is 250 g/mol. The zero-order valence-corrected chi connectivity index (χ0v) is 9.48. The lowest BCUT2D eigenvalue weighted by molar-refractivity contribution is 0.589. The first-order valence-corrected chi connectivity index (χ1v) is 5.09. The predicted molar refractivity (Wildman–Crippen MR) is 60.0 cm³/mol. The van der Waals surface area contributed by atoms with Crippen molar-refractivity contribution in [2.24, 2.45) is 0 Å². The summed E-state index contributed by atoms with van der Waals surface area (Å²) in [6.07, 6.45) is 0. The number of rotatable bonds is 1. The van der Waals surface area contributed by atoms with E-state index in [1.54, 1.807) is 0 Å². The number of hydrogen-bond donors (Lipinski definition) is 1. The van der Waals surface area contributed by atoms with Crippen LogP contribution in [-0.4, -0.2) is 10.2 Å². The molecule has 2 rings (SSSR count). The molecule has 2 aromatic rings. The molecule has 0 atom stereocenters. The summed E-state index contributed by atoms with van der Waals surface area (Å²) in [5.74, 6) is -1.69. The first-order valence-electron chi connectivity index (χ1n) is 4.71. The lowest BCUT2D eigenvalue weighted by atomic mass is 10.1. The Labute approximate surface area is 100 Å².